The molecule has 6 nitrogen and oxygen atoms in total. The molecule has 2 aromatic rings. The summed E-state index contributed by atoms with van der Waals surface area (Å²) in [4.78, 5) is 19.0. The third-order valence-electron chi connectivity index (χ3n) is 6.04. The number of carbonyl (C=O) groups excluding carboxylic acids is 1. The van der Waals surface area contributed by atoms with Crippen molar-refractivity contribution in [1.82, 2.24) is 19.5 Å². The third-order valence-corrected chi connectivity index (χ3v) is 6.04. The maximum absolute atomic E-state index is 12.7. The van der Waals surface area contributed by atoms with Gasteiger partial charge in [-0.2, -0.15) is 5.10 Å². The van der Waals surface area contributed by atoms with Gasteiger partial charge in [-0.1, -0.05) is 19.3 Å². The molecule has 1 saturated carbocycles. The number of piperidine rings is 1. The van der Waals surface area contributed by atoms with E-state index in [9.17, 15) is 9.90 Å². The Balaban J connectivity index is 1.40. The highest BCUT2D eigenvalue weighted by Crippen LogP contribution is 2.33. The number of likely N-dealkylation sites (tertiary alicyclic amines) is 1. The zero-order valence-electron chi connectivity index (χ0n) is 15.5. The lowest BCUT2D eigenvalue weighted by Crippen LogP contribution is -2.43. The smallest absolute Gasteiger partial charge is 0.225 e. The van der Waals surface area contributed by atoms with Crippen LogP contribution in [0.15, 0.2) is 18.3 Å². The van der Waals surface area contributed by atoms with Crippen LogP contribution in [-0.2, 0) is 4.79 Å². The van der Waals surface area contributed by atoms with E-state index in [-0.39, 0.29) is 12.3 Å². The summed E-state index contributed by atoms with van der Waals surface area (Å²) in [5.74, 6) is 0.504. The van der Waals surface area contributed by atoms with Crippen molar-refractivity contribution in [2.24, 2.45) is 0 Å². The van der Waals surface area contributed by atoms with Crippen LogP contribution < -0.4 is 0 Å². The van der Waals surface area contributed by atoms with Gasteiger partial charge in [0, 0.05) is 37.0 Å². The number of carbonyl (C=O) groups is 1. The van der Waals surface area contributed by atoms with Crippen LogP contribution in [0.25, 0.3) is 5.65 Å². The Morgan fingerprint density at radius 1 is 1.27 bits per heavy atom. The fraction of sp³-hybridized carbons (Fsp3) is 0.650. The molecule has 0 aromatic carbocycles. The first kappa shape index (κ1) is 17.5. The average molecular weight is 356 g/mol. The van der Waals surface area contributed by atoms with E-state index < -0.39 is 5.60 Å². The predicted octanol–water partition coefficient (Wildman–Crippen LogP) is 2.83. The monoisotopic (exact) mass is 356 g/mol. The quantitative estimate of drug-likeness (QED) is 0.918. The van der Waals surface area contributed by atoms with E-state index in [2.05, 4.69) is 10.1 Å². The van der Waals surface area contributed by atoms with Crippen LogP contribution in [0.4, 0.5) is 0 Å². The maximum Gasteiger partial charge on any atom is 0.225 e. The van der Waals surface area contributed by atoms with Gasteiger partial charge in [-0.05, 0) is 38.7 Å². The van der Waals surface area contributed by atoms with Crippen LogP contribution in [-0.4, -0.2) is 49.2 Å². The molecule has 6 heteroatoms. The molecule has 2 aliphatic rings. The van der Waals surface area contributed by atoms with Crippen molar-refractivity contribution < 1.29 is 9.90 Å². The summed E-state index contributed by atoms with van der Waals surface area (Å²) in [7, 11) is 0. The predicted molar refractivity (Wildman–Crippen MR) is 98.9 cm³/mol. The lowest BCUT2D eigenvalue weighted by Gasteiger charge is -2.36. The highest BCUT2D eigenvalue weighted by Gasteiger charge is 2.34. The molecule has 4 rings (SSSR count). The van der Waals surface area contributed by atoms with E-state index in [0.29, 0.717) is 5.92 Å². The summed E-state index contributed by atoms with van der Waals surface area (Å²) >= 11 is 0. The van der Waals surface area contributed by atoms with E-state index in [4.69, 9.17) is 0 Å². The number of nitrogens with zero attached hydrogens (tertiary/aromatic N) is 4. The number of hydrogen-bond donors (Lipinski definition) is 1. The van der Waals surface area contributed by atoms with Crippen LogP contribution in [0, 0.1) is 6.92 Å². The number of aromatic nitrogens is 3. The fourth-order valence-electron chi connectivity index (χ4n) is 4.54. The van der Waals surface area contributed by atoms with Crippen LogP contribution in [0.1, 0.15) is 68.7 Å². The molecule has 0 bridgehead atoms. The Kier molecular flexibility index (Phi) is 4.69. The molecule has 2 aromatic heterocycles. The van der Waals surface area contributed by atoms with Gasteiger partial charge in [0.05, 0.1) is 17.7 Å². The van der Waals surface area contributed by atoms with Crippen molar-refractivity contribution in [1.29, 1.82) is 0 Å². The molecular weight excluding hydrogens is 328 g/mol. The molecule has 1 aliphatic heterocycles. The third kappa shape index (κ3) is 3.47. The Bertz CT molecular complexity index is 786. The van der Waals surface area contributed by atoms with Crippen LogP contribution in [0.3, 0.4) is 0 Å². The summed E-state index contributed by atoms with van der Waals surface area (Å²) < 4.78 is 1.95. The topological polar surface area (TPSA) is 70.7 Å². The second kappa shape index (κ2) is 6.99. The SMILES string of the molecule is Cc1cc2nccc(C3CCN(C(=O)CC4(O)CCCCC4)CC3)n2n1. The molecule has 0 unspecified atom stereocenters. The first-order chi connectivity index (χ1) is 12.5. The summed E-state index contributed by atoms with van der Waals surface area (Å²) in [5.41, 5.74) is 2.27. The van der Waals surface area contributed by atoms with Gasteiger partial charge >= 0.3 is 0 Å². The normalized spacial score (nSPS) is 21.2. The van der Waals surface area contributed by atoms with Crippen molar-refractivity contribution in [3.05, 3.63) is 29.7 Å². The number of amides is 1. The van der Waals surface area contributed by atoms with Crippen LogP contribution in [0.5, 0.6) is 0 Å². The zero-order valence-corrected chi connectivity index (χ0v) is 15.5. The molecule has 26 heavy (non-hydrogen) atoms. The summed E-state index contributed by atoms with van der Waals surface area (Å²) in [6, 6.07) is 4.04. The van der Waals surface area contributed by atoms with Crippen molar-refractivity contribution >= 4 is 11.6 Å². The standard InChI is InChI=1S/C20H28N4O2/c1-15-13-18-21-10-5-17(24(18)22-15)16-6-11-23(12-7-16)19(25)14-20(26)8-3-2-4-9-20/h5,10,13,16,26H,2-4,6-9,11-12,14H2,1H3. The number of fused-ring (bicyclic) bond motifs is 1. The van der Waals surface area contributed by atoms with E-state index >= 15 is 0 Å². The Labute approximate surface area is 154 Å². The van der Waals surface area contributed by atoms with E-state index in [1.165, 1.54) is 12.1 Å². The second-order valence-corrected chi connectivity index (χ2v) is 8.04. The molecule has 2 fully saturated rings. The second-order valence-electron chi connectivity index (χ2n) is 8.04. The fourth-order valence-corrected chi connectivity index (χ4v) is 4.54. The van der Waals surface area contributed by atoms with Gasteiger partial charge < -0.3 is 10.0 Å². The van der Waals surface area contributed by atoms with E-state index in [1.807, 2.05) is 34.7 Å². The molecule has 1 N–H and O–H groups in total. The average Bonchev–Trinajstić information content (AvgIpc) is 3.02. The van der Waals surface area contributed by atoms with Crippen molar-refractivity contribution in [2.45, 2.75) is 69.8 Å². The molecule has 3 heterocycles. The van der Waals surface area contributed by atoms with E-state index in [1.54, 1.807) is 0 Å². The Morgan fingerprint density at radius 3 is 2.73 bits per heavy atom. The number of aryl methyl sites for hydroxylation is 1. The number of hydrogen-bond acceptors (Lipinski definition) is 4. The zero-order chi connectivity index (χ0) is 18.1. The molecule has 140 valence electrons. The van der Waals surface area contributed by atoms with E-state index in [0.717, 1.165) is 63.0 Å². The molecular formula is C20H28N4O2. The molecule has 1 saturated heterocycles. The van der Waals surface area contributed by atoms with Crippen molar-refractivity contribution in [3.8, 4) is 0 Å². The molecule has 1 aliphatic carbocycles. The Hall–Kier alpha value is -1.95. The summed E-state index contributed by atoms with van der Waals surface area (Å²) in [5, 5.41) is 15.2. The minimum atomic E-state index is -0.768. The highest BCUT2D eigenvalue weighted by atomic mass is 16.3. The van der Waals surface area contributed by atoms with Crippen LogP contribution >= 0.6 is 0 Å². The van der Waals surface area contributed by atoms with Crippen molar-refractivity contribution in [2.75, 3.05) is 13.1 Å². The first-order valence-corrected chi connectivity index (χ1v) is 9.86. The van der Waals surface area contributed by atoms with Gasteiger partial charge in [-0.15, -0.1) is 0 Å². The lowest BCUT2D eigenvalue weighted by atomic mass is 9.82. The largest absolute Gasteiger partial charge is 0.389 e. The number of rotatable bonds is 3. The van der Waals surface area contributed by atoms with Gasteiger partial charge in [0.25, 0.3) is 0 Å². The summed E-state index contributed by atoms with van der Waals surface area (Å²) in [6.45, 7) is 3.49. The minimum absolute atomic E-state index is 0.114. The van der Waals surface area contributed by atoms with Gasteiger partial charge in [-0.3, -0.25) is 4.79 Å². The van der Waals surface area contributed by atoms with Gasteiger partial charge in [0.1, 0.15) is 0 Å². The Morgan fingerprint density at radius 2 is 2.00 bits per heavy atom. The summed E-state index contributed by atoms with van der Waals surface area (Å²) in [6.07, 6.45) is 8.78. The van der Waals surface area contributed by atoms with Gasteiger partial charge in [0.2, 0.25) is 5.91 Å². The van der Waals surface area contributed by atoms with Crippen LogP contribution in [0.2, 0.25) is 0 Å². The number of aliphatic hydroxyl groups is 1. The molecule has 1 amide bonds. The first-order valence-electron chi connectivity index (χ1n) is 9.86. The molecule has 0 atom stereocenters. The van der Waals surface area contributed by atoms with Crippen molar-refractivity contribution in [3.63, 3.8) is 0 Å². The maximum atomic E-state index is 12.7. The minimum Gasteiger partial charge on any atom is -0.389 e. The van der Waals surface area contributed by atoms with Gasteiger partial charge in [0.15, 0.2) is 5.65 Å². The van der Waals surface area contributed by atoms with Gasteiger partial charge in [-0.25, -0.2) is 9.50 Å². The molecule has 0 radical (unpaired) electrons. The highest BCUT2D eigenvalue weighted by molar-refractivity contribution is 5.77. The lowest BCUT2D eigenvalue weighted by molar-refractivity contribution is -0.138. The molecule has 0 spiro atoms.